The van der Waals surface area contributed by atoms with E-state index < -0.39 is 0 Å². The fourth-order valence-electron chi connectivity index (χ4n) is 3.47. The molecule has 0 aromatic carbocycles. The average molecular weight is 316 g/mol. The first-order chi connectivity index (χ1) is 11.1. The highest BCUT2D eigenvalue weighted by atomic mass is 16.3. The molecular weight excluding hydrogens is 292 g/mol. The molecule has 0 radical (unpaired) electrons. The molecule has 2 unspecified atom stereocenters. The molecule has 23 heavy (non-hydrogen) atoms. The normalized spacial score (nSPS) is 21.0. The Morgan fingerprint density at radius 1 is 1.43 bits per heavy atom. The molecular formula is C17H24N4O2. The summed E-state index contributed by atoms with van der Waals surface area (Å²) in [5, 5.41) is 14.0. The van der Waals surface area contributed by atoms with Gasteiger partial charge in [0, 0.05) is 25.9 Å². The Labute approximate surface area is 135 Å². The van der Waals surface area contributed by atoms with E-state index in [1.165, 1.54) is 0 Å². The first-order valence-electron chi connectivity index (χ1n) is 8.26. The van der Waals surface area contributed by atoms with Crippen molar-refractivity contribution in [2.75, 3.05) is 24.2 Å². The second kappa shape index (κ2) is 6.58. The van der Waals surface area contributed by atoms with E-state index in [1.54, 1.807) is 16.8 Å². The topological polar surface area (TPSA) is 93.2 Å². The molecule has 1 aliphatic carbocycles. The highest BCUT2D eigenvalue weighted by Gasteiger charge is 2.24. The minimum absolute atomic E-state index is 0.0420. The number of pyridine rings is 2. The van der Waals surface area contributed by atoms with Crippen LogP contribution in [0.2, 0.25) is 0 Å². The van der Waals surface area contributed by atoms with Gasteiger partial charge in [-0.05, 0) is 55.5 Å². The van der Waals surface area contributed by atoms with Gasteiger partial charge in [0.2, 0.25) is 0 Å². The number of anilines is 2. The van der Waals surface area contributed by atoms with E-state index in [-0.39, 0.29) is 12.2 Å². The molecule has 6 nitrogen and oxygen atoms in total. The Bertz CT molecular complexity index is 756. The summed E-state index contributed by atoms with van der Waals surface area (Å²) in [7, 11) is 0. The molecule has 0 amide bonds. The fraction of sp³-hybridized carbons (Fsp3) is 0.529. The fourth-order valence-corrected chi connectivity index (χ4v) is 3.47. The number of rotatable bonds is 5. The molecule has 124 valence electrons. The number of hydrogen-bond acceptors (Lipinski definition) is 5. The molecule has 1 aliphatic rings. The van der Waals surface area contributed by atoms with Gasteiger partial charge in [-0.2, -0.15) is 0 Å². The van der Waals surface area contributed by atoms with Gasteiger partial charge in [0.25, 0.3) is 5.56 Å². The molecule has 0 spiro atoms. The number of hydrogen-bond donors (Lipinski definition) is 3. The number of fused-ring (bicyclic) bond motifs is 1. The Morgan fingerprint density at radius 2 is 2.22 bits per heavy atom. The monoisotopic (exact) mass is 316 g/mol. The highest BCUT2D eigenvalue weighted by molar-refractivity contribution is 5.92. The van der Waals surface area contributed by atoms with Crippen LogP contribution in [0.25, 0.3) is 10.8 Å². The van der Waals surface area contributed by atoms with Crippen molar-refractivity contribution < 1.29 is 5.11 Å². The number of aliphatic hydroxyl groups excluding tert-OH is 1. The lowest BCUT2D eigenvalue weighted by molar-refractivity contribution is 0.226. The second-order valence-corrected chi connectivity index (χ2v) is 6.38. The number of nitrogens with one attached hydrogen (secondary N) is 1. The van der Waals surface area contributed by atoms with E-state index in [2.05, 4.69) is 10.3 Å². The number of aromatic nitrogens is 2. The molecule has 1 saturated carbocycles. The minimum atomic E-state index is -0.0420. The lowest BCUT2D eigenvalue weighted by Gasteiger charge is -2.14. The van der Waals surface area contributed by atoms with Crippen molar-refractivity contribution in [3.8, 4) is 0 Å². The molecule has 1 fully saturated rings. The number of nitrogens with two attached hydrogens (primary N) is 1. The first kappa shape index (κ1) is 15.8. The summed E-state index contributed by atoms with van der Waals surface area (Å²) in [5.41, 5.74) is 5.84. The van der Waals surface area contributed by atoms with Crippen molar-refractivity contribution in [1.82, 2.24) is 9.55 Å². The SMILES string of the molecule is CCn1ccc2cc(N)nc(NCC3CCC(CO)C3)c2c1=O. The summed E-state index contributed by atoms with van der Waals surface area (Å²) in [6.07, 6.45) is 4.97. The smallest absolute Gasteiger partial charge is 0.262 e. The van der Waals surface area contributed by atoms with Gasteiger partial charge in [0.1, 0.15) is 11.6 Å². The van der Waals surface area contributed by atoms with Crippen LogP contribution in [-0.4, -0.2) is 27.8 Å². The molecule has 2 aromatic rings. The zero-order valence-electron chi connectivity index (χ0n) is 13.5. The lowest BCUT2D eigenvalue weighted by Crippen LogP contribution is -2.21. The van der Waals surface area contributed by atoms with Crippen molar-refractivity contribution in [1.29, 1.82) is 0 Å². The molecule has 0 bridgehead atoms. The van der Waals surface area contributed by atoms with Crippen LogP contribution >= 0.6 is 0 Å². The minimum Gasteiger partial charge on any atom is -0.396 e. The van der Waals surface area contributed by atoms with Crippen molar-refractivity contribution in [3.05, 3.63) is 28.7 Å². The van der Waals surface area contributed by atoms with Crippen LogP contribution in [0.15, 0.2) is 23.1 Å². The first-order valence-corrected chi connectivity index (χ1v) is 8.26. The zero-order valence-corrected chi connectivity index (χ0v) is 13.5. The van der Waals surface area contributed by atoms with E-state index in [9.17, 15) is 9.90 Å². The van der Waals surface area contributed by atoms with E-state index in [1.807, 2.05) is 13.0 Å². The van der Waals surface area contributed by atoms with Gasteiger partial charge in [-0.15, -0.1) is 0 Å². The Kier molecular flexibility index (Phi) is 4.52. The average Bonchev–Trinajstić information content (AvgIpc) is 3.00. The molecule has 2 atom stereocenters. The van der Waals surface area contributed by atoms with Crippen LogP contribution in [0, 0.1) is 11.8 Å². The van der Waals surface area contributed by atoms with Crippen molar-refractivity contribution >= 4 is 22.4 Å². The Hall–Kier alpha value is -2.08. The molecule has 2 heterocycles. The Morgan fingerprint density at radius 3 is 2.91 bits per heavy atom. The third-order valence-corrected chi connectivity index (χ3v) is 4.79. The molecule has 0 saturated heterocycles. The van der Waals surface area contributed by atoms with Crippen molar-refractivity contribution in [2.24, 2.45) is 11.8 Å². The van der Waals surface area contributed by atoms with Crippen molar-refractivity contribution in [3.63, 3.8) is 0 Å². The highest BCUT2D eigenvalue weighted by Crippen LogP contribution is 2.31. The maximum atomic E-state index is 12.6. The van der Waals surface area contributed by atoms with E-state index in [0.29, 0.717) is 35.4 Å². The number of aryl methyl sites for hydroxylation is 1. The standard InChI is InChI=1S/C17H24N4O2/c1-2-21-6-5-13-8-14(18)20-16(15(13)17(21)23)19-9-11-3-4-12(7-11)10-22/h5-6,8,11-12,22H,2-4,7,9-10H2,1H3,(H3,18,19,20). The molecule has 4 N–H and O–H groups in total. The van der Waals surface area contributed by atoms with Gasteiger partial charge in [-0.25, -0.2) is 4.98 Å². The van der Waals surface area contributed by atoms with Crippen LogP contribution in [0.1, 0.15) is 26.2 Å². The number of nitrogens with zero attached hydrogens (tertiary/aromatic N) is 2. The second-order valence-electron chi connectivity index (χ2n) is 6.38. The van der Waals surface area contributed by atoms with Gasteiger partial charge >= 0.3 is 0 Å². The summed E-state index contributed by atoms with van der Waals surface area (Å²) in [5.74, 6) is 1.89. The summed E-state index contributed by atoms with van der Waals surface area (Å²) in [4.78, 5) is 16.9. The maximum absolute atomic E-state index is 12.6. The number of aliphatic hydroxyl groups is 1. The summed E-state index contributed by atoms with van der Waals surface area (Å²) >= 11 is 0. The van der Waals surface area contributed by atoms with Gasteiger partial charge in [-0.3, -0.25) is 4.79 Å². The van der Waals surface area contributed by atoms with Crippen molar-refractivity contribution in [2.45, 2.75) is 32.7 Å². The summed E-state index contributed by atoms with van der Waals surface area (Å²) in [6, 6.07) is 3.64. The lowest BCUT2D eigenvalue weighted by atomic mass is 10.1. The van der Waals surface area contributed by atoms with Gasteiger partial charge < -0.3 is 20.7 Å². The molecule has 2 aromatic heterocycles. The third kappa shape index (κ3) is 3.17. The molecule has 3 rings (SSSR count). The van der Waals surface area contributed by atoms with Crippen LogP contribution in [0.3, 0.4) is 0 Å². The van der Waals surface area contributed by atoms with Crippen LogP contribution in [0.5, 0.6) is 0 Å². The van der Waals surface area contributed by atoms with Gasteiger partial charge in [0.15, 0.2) is 0 Å². The summed E-state index contributed by atoms with van der Waals surface area (Å²) in [6.45, 7) is 3.58. The predicted molar refractivity (Wildman–Crippen MR) is 92.5 cm³/mol. The van der Waals surface area contributed by atoms with E-state index in [4.69, 9.17) is 5.73 Å². The third-order valence-electron chi connectivity index (χ3n) is 4.79. The van der Waals surface area contributed by atoms with Crippen LogP contribution in [-0.2, 0) is 6.54 Å². The maximum Gasteiger partial charge on any atom is 0.262 e. The molecule has 6 heteroatoms. The summed E-state index contributed by atoms with van der Waals surface area (Å²) < 4.78 is 1.67. The van der Waals surface area contributed by atoms with Crippen LogP contribution < -0.4 is 16.6 Å². The van der Waals surface area contributed by atoms with Gasteiger partial charge in [-0.1, -0.05) is 0 Å². The van der Waals surface area contributed by atoms with Gasteiger partial charge in [0.05, 0.1) is 5.39 Å². The van der Waals surface area contributed by atoms with E-state index in [0.717, 1.165) is 31.2 Å². The molecule has 0 aliphatic heterocycles. The van der Waals surface area contributed by atoms with E-state index >= 15 is 0 Å². The number of nitrogen functional groups attached to an aromatic ring is 1. The van der Waals surface area contributed by atoms with Crippen LogP contribution in [0.4, 0.5) is 11.6 Å². The predicted octanol–water partition coefficient (Wildman–Crippen LogP) is 1.82. The quantitative estimate of drug-likeness (QED) is 0.782. The Balaban J connectivity index is 1.89. The largest absolute Gasteiger partial charge is 0.396 e. The zero-order chi connectivity index (χ0) is 16.4.